The van der Waals surface area contributed by atoms with Crippen molar-refractivity contribution in [3.05, 3.63) is 0 Å². The van der Waals surface area contributed by atoms with Crippen LogP contribution in [-0.4, -0.2) is 22.2 Å². The minimum absolute atomic E-state index is 0.144. The van der Waals surface area contributed by atoms with Gasteiger partial charge in [0.05, 0.1) is 11.8 Å². The third-order valence-electron chi connectivity index (χ3n) is 4.56. The molecule has 2 saturated carbocycles. The van der Waals surface area contributed by atoms with Crippen LogP contribution in [0.25, 0.3) is 0 Å². The average molecular weight is 240 g/mol. The lowest BCUT2D eigenvalue weighted by molar-refractivity contribution is -0.157. The van der Waals surface area contributed by atoms with Gasteiger partial charge in [-0.25, -0.2) is 0 Å². The molecule has 0 spiro atoms. The number of carbonyl (C=O) groups is 2. The van der Waals surface area contributed by atoms with Crippen LogP contribution < -0.4 is 0 Å². The number of fused-ring (bicyclic) bond motifs is 1. The lowest BCUT2D eigenvalue weighted by Crippen LogP contribution is -2.45. The highest BCUT2D eigenvalue weighted by atomic mass is 16.4. The van der Waals surface area contributed by atoms with Crippen molar-refractivity contribution in [2.24, 2.45) is 29.6 Å². The molecule has 4 nitrogen and oxygen atoms in total. The molecule has 17 heavy (non-hydrogen) atoms. The molecule has 2 fully saturated rings. The van der Waals surface area contributed by atoms with Crippen LogP contribution in [-0.2, 0) is 9.59 Å². The second-order valence-electron chi connectivity index (χ2n) is 5.73. The van der Waals surface area contributed by atoms with Gasteiger partial charge in [0, 0.05) is 0 Å². The molecule has 0 aromatic carbocycles. The van der Waals surface area contributed by atoms with E-state index in [2.05, 4.69) is 6.92 Å². The molecular formula is C13H20O4. The van der Waals surface area contributed by atoms with Crippen molar-refractivity contribution in [3.8, 4) is 0 Å². The summed E-state index contributed by atoms with van der Waals surface area (Å²) in [5.74, 6) is -1.94. The Morgan fingerprint density at radius 1 is 1.00 bits per heavy atom. The standard InChI is InChI=1S/C13H20O4/c1-7-5-8-3-2-4-9(12(14)15)11(8)10(6-7)13(16)17/h7-11H,2-6H2,1H3,(H,14,15)(H,16,17). The van der Waals surface area contributed by atoms with Crippen LogP contribution in [0.15, 0.2) is 0 Å². The number of hydrogen-bond donors (Lipinski definition) is 2. The van der Waals surface area contributed by atoms with Crippen molar-refractivity contribution in [2.75, 3.05) is 0 Å². The lowest BCUT2D eigenvalue weighted by Gasteiger charge is -2.45. The largest absolute Gasteiger partial charge is 0.481 e. The fourth-order valence-electron chi connectivity index (χ4n) is 3.95. The van der Waals surface area contributed by atoms with Gasteiger partial charge in [-0.05, 0) is 37.0 Å². The van der Waals surface area contributed by atoms with Crippen molar-refractivity contribution in [2.45, 2.75) is 39.0 Å². The zero-order valence-corrected chi connectivity index (χ0v) is 10.1. The van der Waals surface area contributed by atoms with Crippen LogP contribution in [0.5, 0.6) is 0 Å². The number of aliphatic carboxylic acids is 2. The summed E-state index contributed by atoms with van der Waals surface area (Å²) in [5, 5.41) is 18.6. The van der Waals surface area contributed by atoms with Crippen LogP contribution in [0.2, 0.25) is 0 Å². The second-order valence-corrected chi connectivity index (χ2v) is 5.73. The van der Waals surface area contributed by atoms with Crippen LogP contribution in [0, 0.1) is 29.6 Å². The van der Waals surface area contributed by atoms with E-state index >= 15 is 0 Å². The summed E-state index contributed by atoms with van der Waals surface area (Å²) in [4.78, 5) is 22.6. The van der Waals surface area contributed by atoms with Crippen LogP contribution in [0.4, 0.5) is 0 Å². The normalized spacial score (nSPS) is 41.6. The predicted molar refractivity (Wildman–Crippen MR) is 61.5 cm³/mol. The Balaban J connectivity index is 2.25. The van der Waals surface area contributed by atoms with E-state index in [0.717, 1.165) is 19.3 Å². The van der Waals surface area contributed by atoms with E-state index in [1.807, 2.05) is 0 Å². The van der Waals surface area contributed by atoms with E-state index < -0.39 is 23.8 Å². The maximum absolute atomic E-state index is 11.3. The van der Waals surface area contributed by atoms with E-state index in [0.29, 0.717) is 24.7 Å². The second kappa shape index (κ2) is 4.67. The Morgan fingerprint density at radius 2 is 1.65 bits per heavy atom. The molecular weight excluding hydrogens is 220 g/mol. The monoisotopic (exact) mass is 240 g/mol. The van der Waals surface area contributed by atoms with Gasteiger partial charge in [-0.2, -0.15) is 0 Å². The van der Waals surface area contributed by atoms with Crippen molar-refractivity contribution in [1.82, 2.24) is 0 Å². The summed E-state index contributed by atoms with van der Waals surface area (Å²) in [6.07, 6.45) is 4.22. The van der Waals surface area contributed by atoms with Gasteiger partial charge in [-0.15, -0.1) is 0 Å². The topological polar surface area (TPSA) is 74.6 Å². The van der Waals surface area contributed by atoms with Gasteiger partial charge in [-0.1, -0.05) is 19.8 Å². The fourth-order valence-corrected chi connectivity index (χ4v) is 3.95. The highest BCUT2D eigenvalue weighted by Crippen LogP contribution is 2.48. The van der Waals surface area contributed by atoms with E-state index in [-0.39, 0.29) is 5.92 Å². The molecule has 96 valence electrons. The summed E-state index contributed by atoms with van der Waals surface area (Å²) in [7, 11) is 0. The molecule has 2 aliphatic rings. The molecule has 0 amide bonds. The molecule has 0 saturated heterocycles. The van der Waals surface area contributed by atoms with Crippen molar-refractivity contribution < 1.29 is 19.8 Å². The Morgan fingerprint density at radius 3 is 2.24 bits per heavy atom. The van der Waals surface area contributed by atoms with Gasteiger partial charge in [0.1, 0.15) is 0 Å². The minimum atomic E-state index is -0.806. The SMILES string of the molecule is CC1CC2CCCC(C(=O)O)C2C(C(=O)O)C1. The maximum Gasteiger partial charge on any atom is 0.306 e. The van der Waals surface area contributed by atoms with Crippen molar-refractivity contribution in [3.63, 3.8) is 0 Å². The Bertz CT molecular complexity index is 325. The molecule has 0 heterocycles. The van der Waals surface area contributed by atoms with Gasteiger partial charge in [0.2, 0.25) is 0 Å². The van der Waals surface area contributed by atoms with E-state index in [1.165, 1.54) is 0 Å². The smallest absolute Gasteiger partial charge is 0.306 e. The number of hydrogen-bond acceptors (Lipinski definition) is 2. The predicted octanol–water partition coefficient (Wildman–Crippen LogP) is 2.23. The first-order valence-corrected chi connectivity index (χ1v) is 6.46. The van der Waals surface area contributed by atoms with Gasteiger partial charge < -0.3 is 10.2 Å². The number of carboxylic acid groups (broad SMARTS) is 2. The van der Waals surface area contributed by atoms with E-state index in [4.69, 9.17) is 0 Å². The first kappa shape index (κ1) is 12.4. The third-order valence-corrected chi connectivity index (χ3v) is 4.56. The molecule has 0 aromatic rings. The molecule has 2 aliphatic carbocycles. The van der Waals surface area contributed by atoms with Crippen molar-refractivity contribution >= 4 is 11.9 Å². The molecule has 2 rings (SSSR count). The van der Waals surface area contributed by atoms with E-state index in [9.17, 15) is 19.8 Å². The first-order chi connectivity index (χ1) is 8.00. The van der Waals surface area contributed by atoms with Gasteiger partial charge >= 0.3 is 11.9 Å². The number of rotatable bonds is 2. The Kier molecular flexibility index (Phi) is 3.40. The quantitative estimate of drug-likeness (QED) is 0.776. The number of carboxylic acids is 2. The Labute approximate surface area is 101 Å². The maximum atomic E-state index is 11.3. The lowest BCUT2D eigenvalue weighted by atomic mass is 9.59. The molecule has 0 bridgehead atoms. The van der Waals surface area contributed by atoms with Crippen LogP contribution in [0.1, 0.15) is 39.0 Å². The molecule has 4 heteroatoms. The molecule has 0 radical (unpaired) electrons. The van der Waals surface area contributed by atoms with Crippen molar-refractivity contribution in [1.29, 1.82) is 0 Å². The summed E-state index contributed by atoms with van der Waals surface area (Å²) < 4.78 is 0. The minimum Gasteiger partial charge on any atom is -0.481 e. The fraction of sp³-hybridized carbons (Fsp3) is 0.846. The molecule has 5 atom stereocenters. The average Bonchev–Trinajstić information content (AvgIpc) is 2.26. The zero-order valence-electron chi connectivity index (χ0n) is 10.1. The van der Waals surface area contributed by atoms with E-state index in [1.54, 1.807) is 0 Å². The molecule has 0 aromatic heterocycles. The Hall–Kier alpha value is -1.06. The summed E-state index contributed by atoms with van der Waals surface area (Å²) >= 11 is 0. The molecule has 2 N–H and O–H groups in total. The summed E-state index contributed by atoms with van der Waals surface area (Å²) in [6.45, 7) is 2.08. The highest BCUT2D eigenvalue weighted by molar-refractivity contribution is 5.75. The van der Waals surface area contributed by atoms with Gasteiger partial charge in [0.25, 0.3) is 0 Å². The third kappa shape index (κ3) is 2.31. The molecule has 0 aliphatic heterocycles. The van der Waals surface area contributed by atoms with Crippen LogP contribution >= 0.6 is 0 Å². The van der Waals surface area contributed by atoms with Crippen LogP contribution in [0.3, 0.4) is 0 Å². The summed E-state index contributed by atoms with van der Waals surface area (Å²) in [6, 6.07) is 0. The van der Waals surface area contributed by atoms with Gasteiger partial charge in [-0.3, -0.25) is 9.59 Å². The first-order valence-electron chi connectivity index (χ1n) is 6.46. The summed E-state index contributed by atoms with van der Waals surface area (Å²) in [5.41, 5.74) is 0. The van der Waals surface area contributed by atoms with Gasteiger partial charge in [0.15, 0.2) is 0 Å². The molecule has 5 unspecified atom stereocenters. The highest BCUT2D eigenvalue weighted by Gasteiger charge is 2.47. The zero-order chi connectivity index (χ0) is 12.6.